The van der Waals surface area contributed by atoms with Gasteiger partial charge in [-0.2, -0.15) is 9.30 Å². The second kappa shape index (κ2) is 12.1. The number of hydrogen-bond acceptors (Lipinski definition) is 10. The first-order chi connectivity index (χ1) is 19.3. The Bertz CT molecular complexity index is 1770. The Morgan fingerprint density at radius 3 is 2.17 bits per heavy atom. The molecule has 3 aromatic rings. The molecule has 220 valence electrons. The zero-order valence-electron chi connectivity index (χ0n) is 22.5. The number of ether oxygens (including phenoxy) is 2. The van der Waals surface area contributed by atoms with Gasteiger partial charge >= 0.3 is 12.1 Å². The first kappa shape index (κ1) is 30.4. The molecule has 16 heteroatoms. The van der Waals surface area contributed by atoms with Crippen molar-refractivity contribution >= 4 is 59.4 Å². The highest BCUT2D eigenvalue weighted by molar-refractivity contribution is 7.90. The van der Waals surface area contributed by atoms with E-state index in [4.69, 9.17) is 9.47 Å². The van der Waals surface area contributed by atoms with E-state index in [2.05, 4.69) is 4.99 Å². The maximum atomic E-state index is 13.1. The third kappa shape index (κ3) is 6.66. The predicted molar refractivity (Wildman–Crippen MR) is 149 cm³/mol. The first-order valence-corrected chi connectivity index (χ1v) is 16.5. The van der Waals surface area contributed by atoms with E-state index >= 15 is 0 Å². The van der Waals surface area contributed by atoms with Crippen molar-refractivity contribution in [2.24, 2.45) is 4.99 Å². The summed E-state index contributed by atoms with van der Waals surface area (Å²) in [7, 11) is -6.14. The van der Waals surface area contributed by atoms with Crippen LogP contribution in [0.3, 0.4) is 0 Å². The quantitative estimate of drug-likeness (QED) is 0.355. The number of sulfonamides is 1. The van der Waals surface area contributed by atoms with Crippen LogP contribution in [0.5, 0.6) is 0 Å². The Hall–Kier alpha value is -3.60. The molecule has 1 aliphatic heterocycles. The molecular formula is C25H28N4O9S3. The monoisotopic (exact) mass is 624 g/mol. The Kier molecular flexibility index (Phi) is 8.96. The SMILES string of the molecule is CCOC(=O)N1CCN(S(=O)(=O)c2ccc(C(=O)N=c3sc4cc(S(C)(=O)=O)ccc4n3CC(=O)OC)cc2)CC1. The minimum atomic E-state index is -3.87. The van der Waals surface area contributed by atoms with Gasteiger partial charge in [-0.3, -0.25) is 9.59 Å². The van der Waals surface area contributed by atoms with E-state index in [9.17, 15) is 31.2 Å². The topological polar surface area (TPSA) is 162 Å². The number of methoxy groups -OCH3 is 1. The number of rotatable bonds is 7. The molecule has 0 unspecified atom stereocenters. The van der Waals surface area contributed by atoms with Crippen LogP contribution < -0.4 is 4.80 Å². The lowest BCUT2D eigenvalue weighted by Crippen LogP contribution is -2.50. The maximum absolute atomic E-state index is 13.1. The number of sulfone groups is 1. The van der Waals surface area contributed by atoms with Gasteiger partial charge in [0.1, 0.15) is 6.54 Å². The third-order valence-corrected chi connectivity index (χ3v) is 10.4. The van der Waals surface area contributed by atoms with Gasteiger partial charge in [-0.1, -0.05) is 11.3 Å². The van der Waals surface area contributed by atoms with Crippen molar-refractivity contribution in [3.63, 3.8) is 0 Å². The number of piperazine rings is 1. The molecule has 2 amide bonds. The van der Waals surface area contributed by atoms with Gasteiger partial charge < -0.3 is 18.9 Å². The van der Waals surface area contributed by atoms with E-state index in [0.29, 0.717) is 10.2 Å². The predicted octanol–water partition coefficient (Wildman–Crippen LogP) is 1.48. The molecular weight excluding hydrogens is 596 g/mol. The van der Waals surface area contributed by atoms with Gasteiger partial charge in [-0.05, 0) is 49.4 Å². The van der Waals surface area contributed by atoms with Gasteiger partial charge in [0.05, 0.1) is 33.7 Å². The standard InChI is InChI=1S/C25H28N4O9S3/c1-4-38-25(32)27-11-13-28(14-12-27)41(35,36)18-7-5-17(6-8-18)23(31)26-24-29(16-22(30)37-2)20-10-9-19(40(3,33)34)15-21(20)39-24/h5-10,15H,4,11-14,16H2,1-3H3. The summed E-state index contributed by atoms with van der Waals surface area (Å²) in [5.74, 6) is -1.28. The van der Waals surface area contributed by atoms with Crippen LogP contribution in [0.15, 0.2) is 57.2 Å². The summed E-state index contributed by atoms with van der Waals surface area (Å²) in [5.41, 5.74) is 0.596. The average molecular weight is 625 g/mol. The van der Waals surface area contributed by atoms with Gasteiger partial charge in [0.25, 0.3) is 5.91 Å². The summed E-state index contributed by atoms with van der Waals surface area (Å²) in [6, 6.07) is 9.67. The number of carbonyl (C=O) groups is 3. The van der Waals surface area contributed by atoms with Gasteiger partial charge in [-0.15, -0.1) is 0 Å². The number of aromatic nitrogens is 1. The lowest BCUT2D eigenvalue weighted by Gasteiger charge is -2.33. The second-order valence-corrected chi connectivity index (χ2v) is 13.9. The number of thiazole rings is 1. The summed E-state index contributed by atoms with van der Waals surface area (Å²) in [4.78, 5) is 42.8. The molecule has 13 nitrogen and oxygen atoms in total. The van der Waals surface area contributed by atoms with E-state index in [1.165, 1.54) is 63.3 Å². The number of amides is 2. The fourth-order valence-corrected chi connectivity index (χ4v) is 7.32. The maximum Gasteiger partial charge on any atom is 0.409 e. The normalized spacial score (nSPS) is 15.2. The lowest BCUT2D eigenvalue weighted by atomic mass is 10.2. The van der Waals surface area contributed by atoms with Crippen molar-refractivity contribution in [3.05, 3.63) is 52.8 Å². The van der Waals surface area contributed by atoms with Crippen LogP contribution in [0.25, 0.3) is 10.2 Å². The molecule has 41 heavy (non-hydrogen) atoms. The molecule has 4 rings (SSSR count). The molecule has 0 saturated carbocycles. The first-order valence-electron chi connectivity index (χ1n) is 12.4. The smallest absolute Gasteiger partial charge is 0.409 e. The highest BCUT2D eigenvalue weighted by Crippen LogP contribution is 2.23. The number of carbonyl (C=O) groups excluding carboxylic acids is 3. The van der Waals surface area contributed by atoms with E-state index in [1.54, 1.807) is 6.92 Å². The number of esters is 1. The van der Waals surface area contributed by atoms with E-state index in [0.717, 1.165) is 17.6 Å². The Morgan fingerprint density at radius 2 is 1.59 bits per heavy atom. The molecule has 2 aromatic carbocycles. The molecule has 0 radical (unpaired) electrons. The highest BCUT2D eigenvalue weighted by atomic mass is 32.2. The largest absolute Gasteiger partial charge is 0.468 e. The van der Waals surface area contributed by atoms with Crippen LogP contribution in [0.2, 0.25) is 0 Å². The summed E-state index contributed by atoms with van der Waals surface area (Å²) in [6.07, 6.45) is 0.588. The van der Waals surface area contributed by atoms with Crippen molar-refractivity contribution in [1.82, 2.24) is 13.8 Å². The third-order valence-electron chi connectivity index (χ3n) is 6.30. The van der Waals surface area contributed by atoms with E-state index < -0.39 is 37.8 Å². The average Bonchev–Trinajstić information content (AvgIpc) is 3.28. The summed E-state index contributed by atoms with van der Waals surface area (Å²) < 4.78 is 63.2. The molecule has 0 aliphatic carbocycles. The van der Waals surface area contributed by atoms with Crippen molar-refractivity contribution in [2.45, 2.75) is 23.3 Å². The molecule has 0 atom stereocenters. The Morgan fingerprint density at radius 1 is 0.951 bits per heavy atom. The molecule has 1 aromatic heterocycles. The molecule has 0 N–H and O–H groups in total. The molecule has 1 aliphatic rings. The molecule has 1 fully saturated rings. The van der Waals surface area contributed by atoms with Crippen LogP contribution in [0.1, 0.15) is 17.3 Å². The summed E-state index contributed by atoms with van der Waals surface area (Å²) in [6.45, 7) is 2.25. The molecule has 1 saturated heterocycles. The van der Waals surface area contributed by atoms with Gasteiger partial charge in [0, 0.05) is 38.0 Å². The zero-order valence-corrected chi connectivity index (χ0v) is 24.9. The second-order valence-electron chi connectivity index (χ2n) is 8.98. The van der Waals surface area contributed by atoms with Gasteiger partial charge in [0.15, 0.2) is 14.6 Å². The number of fused-ring (bicyclic) bond motifs is 1. The van der Waals surface area contributed by atoms with Crippen LogP contribution in [0, 0.1) is 0 Å². The van der Waals surface area contributed by atoms with E-state index in [1.807, 2.05) is 0 Å². The lowest BCUT2D eigenvalue weighted by molar-refractivity contribution is -0.141. The Balaban J connectivity index is 1.60. The summed E-state index contributed by atoms with van der Waals surface area (Å²) in [5, 5.41) is 0. The molecule has 2 heterocycles. The summed E-state index contributed by atoms with van der Waals surface area (Å²) >= 11 is 1.02. The van der Waals surface area contributed by atoms with Crippen LogP contribution >= 0.6 is 11.3 Å². The molecule has 0 bridgehead atoms. The Labute approximate surface area is 240 Å². The van der Waals surface area contributed by atoms with Crippen LogP contribution in [-0.4, -0.2) is 94.7 Å². The fourth-order valence-electron chi connectivity index (χ4n) is 4.11. The molecule has 0 spiro atoms. The van der Waals surface area contributed by atoms with Gasteiger partial charge in [-0.25, -0.2) is 21.6 Å². The highest BCUT2D eigenvalue weighted by Gasteiger charge is 2.30. The van der Waals surface area contributed by atoms with E-state index in [-0.39, 0.29) is 59.5 Å². The van der Waals surface area contributed by atoms with Crippen molar-refractivity contribution in [1.29, 1.82) is 0 Å². The number of hydrogen-bond donors (Lipinski definition) is 0. The fraction of sp³-hybridized carbons (Fsp3) is 0.360. The number of benzene rings is 2. The zero-order chi connectivity index (χ0) is 29.9. The van der Waals surface area contributed by atoms with Crippen LogP contribution in [0.4, 0.5) is 4.79 Å². The van der Waals surface area contributed by atoms with Crippen molar-refractivity contribution < 1.29 is 40.7 Å². The van der Waals surface area contributed by atoms with Gasteiger partial charge in [0.2, 0.25) is 10.0 Å². The van der Waals surface area contributed by atoms with Crippen LogP contribution in [-0.2, 0) is 40.7 Å². The number of nitrogens with zero attached hydrogens (tertiary/aromatic N) is 4. The minimum Gasteiger partial charge on any atom is -0.468 e. The van der Waals surface area contributed by atoms with Crippen molar-refractivity contribution in [3.8, 4) is 0 Å². The van der Waals surface area contributed by atoms with Crippen molar-refractivity contribution in [2.75, 3.05) is 46.2 Å². The minimum absolute atomic E-state index is 0.0189.